The standard InChI is InChI=1S/C15H20N2O4/c1-21-15(18)13-3-2-9-16(11-13)10-8-12-4-6-14(7-5-12)17(19)20/h4-7,13H,2-3,8-11H2,1H3/t13-/m0/s1. The highest BCUT2D eigenvalue weighted by molar-refractivity contribution is 5.72. The number of non-ortho nitro benzene ring substituents is 1. The Kier molecular flexibility index (Phi) is 5.27. The number of hydrogen-bond donors (Lipinski definition) is 0. The zero-order valence-corrected chi connectivity index (χ0v) is 12.2. The van der Waals surface area contributed by atoms with Crippen LogP contribution in [0.2, 0.25) is 0 Å². The molecule has 21 heavy (non-hydrogen) atoms. The summed E-state index contributed by atoms with van der Waals surface area (Å²) in [7, 11) is 1.43. The molecule has 0 bridgehead atoms. The average Bonchev–Trinajstić information content (AvgIpc) is 2.52. The van der Waals surface area contributed by atoms with Gasteiger partial charge in [-0.1, -0.05) is 12.1 Å². The van der Waals surface area contributed by atoms with Gasteiger partial charge in [-0.25, -0.2) is 0 Å². The van der Waals surface area contributed by atoms with Crippen LogP contribution in [-0.4, -0.2) is 42.5 Å². The molecule has 0 N–H and O–H groups in total. The zero-order chi connectivity index (χ0) is 15.2. The van der Waals surface area contributed by atoms with Crippen molar-refractivity contribution in [2.45, 2.75) is 19.3 Å². The van der Waals surface area contributed by atoms with Crippen molar-refractivity contribution in [2.75, 3.05) is 26.7 Å². The number of nitro groups is 1. The maximum atomic E-state index is 11.6. The van der Waals surface area contributed by atoms with E-state index in [-0.39, 0.29) is 17.6 Å². The molecule has 1 heterocycles. The number of esters is 1. The van der Waals surface area contributed by atoms with E-state index in [2.05, 4.69) is 4.90 Å². The lowest BCUT2D eigenvalue weighted by atomic mass is 9.98. The number of piperidine rings is 1. The first-order valence-corrected chi connectivity index (χ1v) is 7.13. The summed E-state index contributed by atoms with van der Waals surface area (Å²) in [4.78, 5) is 24.0. The molecule has 2 rings (SSSR count). The van der Waals surface area contributed by atoms with E-state index in [9.17, 15) is 14.9 Å². The predicted octanol–water partition coefficient (Wildman–Crippen LogP) is 2.02. The number of rotatable bonds is 5. The Labute approximate surface area is 123 Å². The smallest absolute Gasteiger partial charge is 0.309 e. The Morgan fingerprint density at radius 1 is 1.43 bits per heavy atom. The average molecular weight is 292 g/mol. The second kappa shape index (κ2) is 7.17. The monoisotopic (exact) mass is 292 g/mol. The molecule has 1 aromatic rings. The predicted molar refractivity (Wildman–Crippen MR) is 78.0 cm³/mol. The van der Waals surface area contributed by atoms with Gasteiger partial charge in [0.25, 0.3) is 5.69 Å². The Bertz CT molecular complexity index is 501. The molecule has 0 radical (unpaired) electrons. The van der Waals surface area contributed by atoms with Crippen molar-refractivity contribution in [1.82, 2.24) is 4.90 Å². The van der Waals surface area contributed by atoms with Crippen molar-refractivity contribution in [2.24, 2.45) is 5.92 Å². The van der Waals surface area contributed by atoms with E-state index in [0.29, 0.717) is 0 Å². The van der Waals surface area contributed by atoms with Gasteiger partial charge >= 0.3 is 5.97 Å². The number of nitrogens with zero attached hydrogens (tertiary/aromatic N) is 2. The first-order valence-electron chi connectivity index (χ1n) is 7.13. The van der Waals surface area contributed by atoms with E-state index in [1.807, 2.05) is 0 Å². The summed E-state index contributed by atoms with van der Waals surface area (Å²) >= 11 is 0. The number of carbonyl (C=O) groups is 1. The van der Waals surface area contributed by atoms with Crippen LogP contribution in [0.1, 0.15) is 18.4 Å². The van der Waals surface area contributed by atoms with Crippen molar-refractivity contribution in [1.29, 1.82) is 0 Å². The van der Waals surface area contributed by atoms with Crippen LogP contribution in [0, 0.1) is 16.0 Å². The van der Waals surface area contributed by atoms with E-state index in [4.69, 9.17) is 4.74 Å². The van der Waals surface area contributed by atoms with Crippen molar-refractivity contribution in [3.63, 3.8) is 0 Å². The summed E-state index contributed by atoms with van der Waals surface area (Å²) < 4.78 is 4.81. The molecule has 0 amide bonds. The van der Waals surface area contributed by atoms with Crippen molar-refractivity contribution >= 4 is 11.7 Å². The Balaban J connectivity index is 1.84. The lowest BCUT2D eigenvalue weighted by molar-refractivity contribution is -0.384. The molecule has 1 saturated heterocycles. The molecule has 0 spiro atoms. The highest BCUT2D eigenvalue weighted by Crippen LogP contribution is 2.18. The number of benzene rings is 1. The molecular formula is C15H20N2O4. The molecule has 1 aliphatic heterocycles. The van der Waals surface area contributed by atoms with Crippen molar-refractivity contribution < 1.29 is 14.5 Å². The third-order valence-corrected chi connectivity index (χ3v) is 3.90. The van der Waals surface area contributed by atoms with E-state index in [1.165, 1.54) is 19.2 Å². The molecule has 1 aromatic carbocycles. The van der Waals surface area contributed by atoms with Crippen LogP contribution in [0.25, 0.3) is 0 Å². The lowest BCUT2D eigenvalue weighted by Gasteiger charge is -2.31. The lowest BCUT2D eigenvalue weighted by Crippen LogP contribution is -2.40. The van der Waals surface area contributed by atoms with Crippen LogP contribution in [0.3, 0.4) is 0 Å². The minimum Gasteiger partial charge on any atom is -0.469 e. The molecular weight excluding hydrogens is 272 g/mol. The maximum Gasteiger partial charge on any atom is 0.309 e. The summed E-state index contributed by atoms with van der Waals surface area (Å²) in [5.74, 6) is -0.157. The van der Waals surface area contributed by atoms with E-state index < -0.39 is 4.92 Å². The van der Waals surface area contributed by atoms with Crippen LogP contribution in [-0.2, 0) is 16.0 Å². The molecule has 1 aliphatic rings. The second-order valence-electron chi connectivity index (χ2n) is 5.34. The molecule has 0 saturated carbocycles. The van der Waals surface area contributed by atoms with Gasteiger partial charge in [-0.05, 0) is 31.4 Å². The zero-order valence-electron chi connectivity index (χ0n) is 12.2. The molecule has 1 atom stereocenters. The summed E-state index contributed by atoms with van der Waals surface area (Å²) in [6.45, 7) is 2.57. The number of likely N-dealkylation sites (tertiary alicyclic amines) is 1. The normalized spacial score (nSPS) is 19.2. The number of ether oxygens (including phenoxy) is 1. The fourth-order valence-electron chi connectivity index (χ4n) is 2.69. The van der Waals surface area contributed by atoms with Gasteiger partial charge in [-0.3, -0.25) is 14.9 Å². The SMILES string of the molecule is COC(=O)[C@H]1CCCN(CCc2ccc([N+](=O)[O-])cc2)C1. The minimum absolute atomic E-state index is 0.0272. The highest BCUT2D eigenvalue weighted by Gasteiger charge is 2.26. The molecule has 0 aliphatic carbocycles. The Hall–Kier alpha value is -1.95. The van der Waals surface area contributed by atoms with Gasteiger partial charge < -0.3 is 9.64 Å². The number of hydrogen-bond acceptors (Lipinski definition) is 5. The number of carbonyl (C=O) groups excluding carboxylic acids is 1. The largest absolute Gasteiger partial charge is 0.469 e. The summed E-state index contributed by atoms with van der Waals surface area (Å²) in [6, 6.07) is 6.64. The van der Waals surface area contributed by atoms with Crippen molar-refractivity contribution in [3.8, 4) is 0 Å². The van der Waals surface area contributed by atoms with Crippen LogP contribution >= 0.6 is 0 Å². The van der Waals surface area contributed by atoms with E-state index in [0.717, 1.165) is 44.5 Å². The van der Waals surface area contributed by atoms with Gasteiger partial charge in [0.1, 0.15) is 0 Å². The quantitative estimate of drug-likeness (QED) is 0.471. The van der Waals surface area contributed by atoms with Crippen LogP contribution < -0.4 is 0 Å². The van der Waals surface area contributed by atoms with Crippen LogP contribution in [0.15, 0.2) is 24.3 Å². The summed E-state index contributed by atoms with van der Waals surface area (Å²) in [5, 5.41) is 10.6. The summed E-state index contributed by atoms with van der Waals surface area (Å²) in [6.07, 6.45) is 2.71. The Morgan fingerprint density at radius 3 is 2.76 bits per heavy atom. The summed E-state index contributed by atoms with van der Waals surface area (Å²) in [5.41, 5.74) is 1.18. The fraction of sp³-hybridized carbons (Fsp3) is 0.533. The molecule has 6 nitrogen and oxygen atoms in total. The van der Waals surface area contributed by atoms with Crippen LogP contribution in [0.4, 0.5) is 5.69 Å². The molecule has 0 aromatic heterocycles. The van der Waals surface area contributed by atoms with E-state index in [1.54, 1.807) is 12.1 Å². The maximum absolute atomic E-state index is 11.6. The first-order chi connectivity index (χ1) is 10.1. The van der Waals surface area contributed by atoms with Gasteiger partial charge in [0, 0.05) is 25.2 Å². The van der Waals surface area contributed by atoms with Crippen molar-refractivity contribution in [3.05, 3.63) is 39.9 Å². The topological polar surface area (TPSA) is 72.7 Å². The Morgan fingerprint density at radius 2 is 2.14 bits per heavy atom. The minimum atomic E-state index is -0.393. The molecule has 114 valence electrons. The fourth-order valence-corrected chi connectivity index (χ4v) is 2.69. The highest BCUT2D eigenvalue weighted by atomic mass is 16.6. The van der Waals surface area contributed by atoms with Gasteiger partial charge in [0.15, 0.2) is 0 Å². The molecule has 0 unspecified atom stereocenters. The first kappa shape index (κ1) is 15.4. The van der Waals surface area contributed by atoms with Gasteiger partial charge in [0.2, 0.25) is 0 Å². The van der Waals surface area contributed by atoms with Crippen LogP contribution in [0.5, 0.6) is 0 Å². The van der Waals surface area contributed by atoms with E-state index >= 15 is 0 Å². The van der Waals surface area contributed by atoms with Gasteiger partial charge in [-0.15, -0.1) is 0 Å². The second-order valence-corrected chi connectivity index (χ2v) is 5.34. The third-order valence-electron chi connectivity index (χ3n) is 3.90. The number of nitro benzene ring substituents is 1. The molecule has 6 heteroatoms. The van der Waals surface area contributed by atoms with Gasteiger partial charge in [-0.2, -0.15) is 0 Å². The number of methoxy groups -OCH3 is 1. The third kappa shape index (κ3) is 4.26. The molecule has 1 fully saturated rings. The van der Waals surface area contributed by atoms with Gasteiger partial charge in [0.05, 0.1) is 18.0 Å².